The molecule has 1 aromatic heterocycles. The number of ether oxygens (including phenoxy) is 1. The van der Waals surface area contributed by atoms with E-state index in [1.807, 2.05) is 30.3 Å². The molecule has 0 unspecified atom stereocenters. The molecule has 0 spiro atoms. The van der Waals surface area contributed by atoms with Gasteiger partial charge in [0.1, 0.15) is 11.5 Å². The fraction of sp³-hybridized carbons (Fsp3) is 0.182. The summed E-state index contributed by atoms with van der Waals surface area (Å²) in [5.41, 5.74) is 2.94. The number of nitrogens with zero attached hydrogens (tertiary/aromatic N) is 1. The standard InChI is InChI=1S/C22H22N2O4/c1-24(2)22(26)19-6-4-5-18(20-12-11-17(14-25)28-20)21(19)23-13-15-7-9-16(27-3)10-8-15/h4-12,14,23H,13H2,1-3H3. The van der Waals surface area contributed by atoms with Crippen LogP contribution in [0.1, 0.15) is 26.5 Å². The van der Waals surface area contributed by atoms with E-state index in [1.54, 1.807) is 45.5 Å². The number of nitrogens with one attached hydrogen (secondary N) is 1. The number of carbonyl (C=O) groups is 2. The second-order valence-corrected chi connectivity index (χ2v) is 6.45. The van der Waals surface area contributed by atoms with Crippen molar-refractivity contribution < 1.29 is 18.7 Å². The van der Waals surface area contributed by atoms with Gasteiger partial charge in [0.2, 0.25) is 0 Å². The topological polar surface area (TPSA) is 71.8 Å². The average molecular weight is 378 g/mol. The molecule has 28 heavy (non-hydrogen) atoms. The summed E-state index contributed by atoms with van der Waals surface area (Å²) in [5, 5.41) is 3.36. The molecule has 0 saturated heterocycles. The zero-order chi connectivity index (χ0) is 20.1. The van der Waals surface area contributed by atoms with Crippen molar-refractivity contribution in [1.82, 2.24) is 4.90 Å². The number of amides is 1. The average Bonchev–Trinajstić information content (AvgIpc) is 3.21. The van der Waals surface area contributed by atoms with Gasteiger partial charge in [-0.3, -0.25) is 9.59 Å². The Bertz CT molecular complexity index is 974. The van der Waals surface area contributed by atoms with Crippen LogP contribution in [0.5, 0.6) is 5.75 Å². The van der Waals surface area contributed by atoms with Gasteiger partial charge in [0.15, 0.2) is 12.0 Å². The van der Waals surface area contributed by atoms with Gasteiger partial charge >= 0.3 is 0 Å². The molecule has 2 aromatic carbocycles. The van der Waals surface area contributed by atoms with Crippen LogP contribution in [0.4, 0.5) is 5.69 Å². The SMILES string of the molecule is COc1ccc(CNc2c(C(=O)N(C)C)cccc2-c2ccc(C=O)o2)cc1. The summed E-state index contributed by atoms with van der Waals surface area (Å²) < 4.78 is 10.8. The van der Waals surface area contributed by atoms with E-state index >= 15 is 0 Å². The maximum atomic E-state index is 12.7. The van der Waals surface area contributed by atoms with E-state index in [0.717, 1.165) is 11.3 Å². The van der Waals surface area contributed by atoms with Crippen molar-refractivity contribution in [3.63, 3.8) is 0 Å². The van der Waals surface area contributed by atoms with Gasteiger partial charge in [-0.1, -0.05) is 18.2 Å². The number of benzene rings is 2. The van der Waals surface area contributed by atoms with Crippen molar-refractivity contribution in [3.05, 3.63) is 71.5 Å². The van der Waals surface area contributed by atoms with Gasteiger partial charge < -0.3 is 19.4 Å². The number of aldehydes is 1. The van der Waals surface area contributed by atoms with Crippen LogP contribution in [0.3, 0.4) is 0 Å². The second-order valence-electron chi connectivity index (χ2n) is 6.45. The molecule has 0 aliphatic heterocycles. The smallest absolute Gasteiger partial charge is 0.255 e. The Morgan fingerprint density at radius 2 is 1.86 bits per heavy atom. The van der Waals surface area contributed by atoms with Crippen molar-refractivity contribution in [3.8, 4) is 17.1 Å². The minimum Gasteiger partial charge on any atom is -0.497 e. The van der Waals surface area contributed by atoms with Gasteiger partial charge in [0, 0.05) is 26.2 Å². The molecule has 0 fully saturated rings. The molecule has 1 heterocycles. The van der Waals surface area contributed by atoms with Gasteiger partial charge in [-0.25, -0.2) is 0 Å². The van der Waals surface area contributed by atoms with E-state index in [-0.39, 0.29) is 11.7 Å². The van der Waals surface area contributed by atoms with Crippen LogP contribution in [0, 0.1) is 0 Å². The molecule has 6 heteroatoms. The molecule has 3 aromatic rings. The molecule has 144 valence electrons. The highest BCUT2D eigenvalue weighted by molar-refractivity contribution is 6.02. The molecule has 1 amide bonds. The quantitative estimate of drug-likeness (QED) is 0.627. The molecule has 0 bridgehead atoms. The first-order valence-corrected chi connectivity index (χ1v) is 8.80. The van der Waals surface area contributed by atoms with Crippen LogP contribution in [-0.4, -0.2) is 38.3 Å². The Balaban J connectivity index is 1.99. The zero-order valence-corrected chi connectivity index (χ0v) is 16.1. The maximum Gasteiger partial charge on any atom is 0.255 e. The summed E-state index contributed by atoms with van der Waals surface area (Å²) in [6, 6.07) is 16.4. The molecule has 0 atom stereocenters. The van der Waals surface area contributed by atoms with Crippen LogP contribution in [0.15, 0.2) is 59.0 Å². The molecular weight excluding hydrogens is 356 g/mol. The first-order chi connectivity index (χ1) is 13.5. The first-order valence-electron chi connectivity index (χ1n) is 8.80. The van der Waals surface area contributed by atoms with Crippen LogP contribution in [0.2, 0.25) is 0 Å². The lowest BCUT2D eigenvalue weighted by Gasteiger charge is -2.18. The van der Waals surface area contributed by atoms with Crippen LogP contribution < -0.4 is 10.1 Å². The molecule has 0 saturated carbocycles. The van der Waals surface area contributed by atoms with E-state index in [2.05, 4.69) is 5.32 Å². The fourth-order valence-electron chi connectivity index (χ4n) is 2.86. The number of hydrogen-bond acceptors (Lipinski definition) is 5. The van der Waals surface area contributed by atoms with E-state index in [0.29, 0.717) is 35.4 Å². The van der Waals surface area contributed by atoms with Gasteiger partial charge in [0.05, 0.1) is 18.4 Å². The van der Waals surface area contributed by atoms with Crippen molar-refractivity contribution in [2.45, 2.75) is 6.54 Å². The number of para-hydroxylation sites is 1. The zero-order valence-electron chi connectivity index (χ0n) is 16.1. The van der Waals surface area contributed by atoms with Crippen LogP contribution >= 0.6 is 0 Å². The monoisotopic (exact) mass is 378 g/mol. The molecule has 0 radical (unpaired) electrons. The van der Waals surface area contributed by atoms with Crippen molar-refractivity contribution in [2.24, 2.45) is 0 Å². The van der Waals surface area contributed by atoms with Crippen molar-refractivity contribution in [2.75, 3.05) is 26.5 Å². The Kier molecular flexibility index (Phi) is 5.79. The van der Waals surface area contributed by atoms with E-state index in [9.17, 15) is 9.59 Å². The summed E-state index contributed by atoms with van der Waals surface area (Å²) in [6.45, 7) is 0.510. The normalized spacial score (nSPS) is 10.4. The molecule has 0 aliphatic rings. The van der Waals surface area contributed by atoms with E-state index in [4.69, 9.17) is 9.15 Å². The lowest BCUT2D eigenvalue weighted by Crippen LogP contribution is -2.23. The Labute approximate surface area is 163 Å². The van der Waals surface area contributed by atoms with Gasteiger partial charge in [-0.05, 0) is 42.0 Å². The van der Waals surface area contributed by atoms with Crippen LogP contribution in [-0.2, 0) is 6.54 Å². The summed E-state index contributed by atoms with van der Waals surface area (Å²) in [5.74, 6) is 1.42. The number of furan rings is 1. The number of methoxy groups -OCH3 is 1. The Morgan fingerprint density at radius 1 is 1.11 bits per heavy atom. The minimum absolute atomic E-state index is 0.124. The molecule has 0 aliphatic carbocycles. The third kappa shape index (κ3) is 4.06. The highest BCUT2D eigenvalue weighted by Gasteiger charge is 2.19. The third-order valence-electron chi connectivity index (χ3n) is 4.34. The number of rotatable bonds is 7. The summed E-state index contributed by atoms with van der Waals surface area (Å²) >= 11 is 0. The molecule has 3 rings (SSSR count). The molecular formula is C22H22N2O4. The molecule has 1 N–H and O–H groups in total. The fourth-order valence-corrected chi connectivity index (χ4v) is 2.86. The number of carbonyl (C=O) groups excluding carboxylic acids is 2. The maximum absolute atomic E-state index is 12.7. The third-order valence-corrected chi connectivity index (χ3v) is 4.34. The predicted octanol–water partition coefficient (Wildman–Crippen LogP) is 4.08. The highest BCUT2D eigenvalue weighted by atomic mass is 16.5. The lowest BCUT2D eigenvalue weighted by molar-refractivity contribution is 0.0828. The number of hydrogen-bond donors (Lipinski definition) is 1. The summed E-state index contributed by atoms with van der Waals surface area (Å²) in [7, 11) is 5.04. The first kappa shape index (κ1) is 19.2. The Hall–Kier alpha value is -3.54. The summed E-state index contributed by atoms with van der Waals surface area (Å²) in [4.78, 5) is 25.2. The van der Waals surface area contributed by atoms with E-state index in [1.165, 1.54) is 4.90 Å². The lowest BCUT2D eigenvalue weighted by atomic mass is 10.0. The minimum atomic E-state index is -0.124. The highest BCUT2D eigenvalue weighted by Crippen LogP contribution is 2.33. The van der Waals surface area contributed by atoms with Gasteiger partial charge in [0.25, 0.3) is 5.91 Å². The summed E-state index contributed by atoms with van der Waals surface area (Å²) in [6.07, 6.45) is 0.656. The van der Waals surface area contributed by atoms with Gasteiger partial charge in [-0.2, -0.15) is 0 Å². The van der Waals surface area contributed by atoms with Crippen LogP contribution in [0.25, 0.3) is 11.3 Å². The Morgan fingerprint density at radius 3 is 2.46 bits per heavy atom. The largest absolute Gasteiger partial charge is 0.497 e. The molecule has 6 nitrogen and oxygen atoms in total. The van der Waals surface area contributed by atoms with Crippen molar-refractivity contribution >= 4 is 17.9 Å². The second kappa shape index (κ2) is 8.43. The van der Waals surface area contributed by atoms with E-state index < -0.39 is 0 Å². The van der Waals surface area contributed by atoms with Gasteiger partial charge in [-0.15, -0.1) is 0 Å². The number of anilines is 1. The van der Waals surface area contributed by atoms with Crippen molar-refractivity contribution in [1.29, 1.82) is 0 Å². The predicted molar refractivity (Wildman–Crippen MR) is 108 cm³/mol.